The molecule has 0 N–H and O–H groups in total. The van der Waals surface area contributed by atoms with Crippen molar-refractivity contribution in [3.8, 4) is 5.69 Å². The molecular formula is C23H23F2N3O3S. The molecule has 1 aliphatic rings. The molecule has 0 saturated carbocycles. The second-order valence-electron chi connectivity index (χ2n) is 8.07. The van der Waals surface area contributed by atoms with Gasteiger partial charge in [-0.1, -0.05) is 12.1 Å². The average molecular weight is 460 g/mol. The van der Waals surface area contributed by atoms with E-state index in [1.165, 1.54) is 22.9 Å². The van der Waals surface area contributed by atoms with Gasteiger partial charge in [0.05, 0.1) is 16.6 Å². The van der Waals surface area contributed by atoms with Crippen LogP contribution in [-0.4, -0.2) is 42.3 Å². The number of nitrogens with zero attached hydrogens (tertiary/aromatic N) is 3. The van der Waals surface area contributed by atoms with Crippen molar-refractivity contribution in [2.24, 2.45) is 0 Å². The summed E-state index contributed by atoms with van der Waals surface area (Å²) in [5.74, 6) is -2.20. The Morgan fingerprint density at radius 1 is 1.09 bits per heavy atom. The molecule has 0 fully saturated rings. The third kappa shape index (κ3) is 3.92. The molecule has 1 atom stereocenters. The second-order valence-corrected chi connectivity index (χ2v) is 10.1. The molecule has 168 valence electrons. The first-order valence-electron chi connectivity index (χ1n) is 10.2. The van der Waals surface area contributed by atoms with Crippen LogP contribution in [0.4, 0.5) is 8.78 Å². The number of hydrogen-bond donors (Lipinski definition) is 0. The lowest BCUT2D eigenvalue weighted by Gasteiger charge is -2.25. The van der Waals surface area contributed by atoms with Crippen LogP contribution in [0.1, 0.15) is 46.7 Å². The highest BCUT2D eigenvalue weighted by Crippen LogP contribution is 2.30. The van der Waals surface area contributed by atoms with Gasteiger partial charge in [-0.15, -0.1) is 0 Å². The number of hydrogen-bond acceptors (Lipinski definition) is 4. The molecule has 0 saturated heterocycles. The summed E-state index contributed by atoms with van der Waals surface area (Å²) >= 11 is 0. The Hall–Kier alpha value is -3.07. The van der Waals surface area contributed by atoms with Crippen molar-refractivity contribution in [3.63, 3.8) is 0 Å². The summed E-state index contributed by atoms with van der Waals surface area (Å²) in [5.41, 5.74) is 3.10. The quantitative estimate of drug-likeness (QED) is 0.581. The first-order chi connectivity index (χ1) is 15.1. The summed E-state index contributed by atoms with van der Waals surface area (Å²) in [7, 11) is -1.64. The van der Waals surface area contributed by atoms with E-state index < -0.39 is 21.5 Å². The maximum absolute atomic E-state index is 13.8. The Kier molecular flexibility index (Phi) is 5.62. The Labute approximate surface area is 185 Å². The van der Waals surface area contributed by atoms with Crippen LogP contribution < -0.4 is 0 Å². The number of amides is 1. The molecule has 9 heteroatoms. The smallest absolute Gasteiger partial charge is 0.274 e. The molecule has 32 heavy (non-hydrogen) atoms. The predicted octanol–water partition coefficient (Wildman–Crippen LogP) is 3.88. The summed E-state index contributed by atoms with van der Waals surface area (Å²) < 4.78 is 52.0. The summed E-state index contributed by atoms with van der Waals surface area (Å²) in [5, 5.41) is 4.47. The Morgan fingerprint density at radius 3 is 2.41 bits per heavy atom. The summed E-state index contributed by atoms with van der Waals surface area (Å²) in [6.07, 6.45) is 3.38. The number of carbonyl (C=O) groups is 1. The molecule has 0 aliphatic heterocycles. The molecule has 0 radical (unpaired) electrons. The van der Waals surface area contributed by atoms with Crippen LogP contribution in [0, 0.1) is 11.6 Å². The van der Waals surface area contributed by atoms with Crippen molar-refractivity contribution < 1.29 is 22.0 Å². The van der Waals surface area contributed by atoms with Crippen LogP contribution >= 0.6 is 0 Å². The van der Waals surface area contributed by atoms with Gasteiger partial charge in [0, 0.05) is 30.6 Å². The van der Waals surface area contributed by atoms with E-state index in [1.54, 1.807) is 24.1 Å². The SMILES string of the molecule is CC(c1ccc(S(C)(=O)=O)cc1)N(C)C(=O)c1nn(-c2ccc(F)c(F)c2)c2c1CCC2. The fourth-order valence-electron chi connectivity index (χ4n) is 4.00. The van der Waals surface area contributed by atoms with Crippen molar-refractivity contribution in [1.82, 2.24) is 14.7 Å². The average Bonchev–Trinajstić information content (AvgIpc) is 3.36. The van der Waals surface area contributed by atoms with E-state index in [0.29, 0.717) is 24.2 Å². The molecular weight excluding hydrogens is 436 g/mol. The van der Waals surface area contributed by atoms with E-state index in [1.807, 2.05) is 6.92 Å². The molecule has 1 amide bonds. The van der Waals surface area contributed by atoms with Crippen LogP contribution in [-0.2, 0) is 22.7 Å². The maximum atomic E-state index is 13.8. The topological polar surface area (TPSA) is 72.3 Å². The lowest BCUT2D eigenvalue weighted by atomic mass is 10.1. The standard InChI is InChI=1S/C23H23F2N3O3S/c1-14(15-7-10-17(11-8-15)32(3,30)31)27(2)23(29)22-18-5-4-6-21(18)28(26-22)16-9-12-19(24)20(25)13-16/h7-14H,4-6H2,1-3H3. The van der Waals surface area contributed by atoms with Crippen molar-refractivity contribution in [1.29, 1.82) is 0 Å². The van der Waals surface area contributed by atoms with Gasteiger partial charge in [-0.05, 0) is 56.0 Å². The number of benzene rings is 2. The van der Waals surface area contributed by atoms with Crippen LogP contribution in [0.15, 0.2) is 47.4 Å². The Balaban J connectivity index is 1.65. The Bertz CT molecular complexity index is 1300. The van der Waals surface area contributed by atoms with Crippen LogP contribution in [0.5, 0.6) is 0 Å². The minimum Gasteiger partial charge on any atom is -0.334 e. The first kappa shape index (κ1) is 22.1. The normalized spacial score (nSPS) is 14.3. The summed E-state index contributed by atoms with van der Waals surface area (Å²) in [6.45, 7) is 1.85. The molecule has 1 unspecified atom stereocenters. The lowest BCUT2D eigenvalue weighted by molar-refractivity contribution is 0.0735. The highest BCUT2D eigenvalue weighted by molar-refractivity contribution is 7.90. The molecule has 0 spiro atoms. The van der Waals surface area contributed by atoms with Gasteiger partial charge in [0.25, 0.3) is 5.91 Å². The number of rotatable bonds is 5. The van der Waals surface area contributed by atoms with Gasteiger partial charge >= 0.3 is 0 Å². The summed E-state index contributed by atoms with van der Waals surface area (Å²) in [4.78, 5) is 15.1. The zero-order valence-electron chi connectivity index (χ0n) is 18.0. The highest BCUT2D eigenvalue weighted by Gasteiger charge is 2.30. The molecule has 3 aromatic rings. The summed E-state index contributed by atoms with van der Waals surface area (Å²) in [6, 6.07) is 9.65. The number of fused-ring (bicyclic) bond motifs is 1. The van der Waals surface area contributed by atoms with E-state index in [2.05, 4.69) is 5.10 Å². The number of carbonyl (C=O) groups excluding carboxylic acids is 1. The fourth-order valence-corrected chi connectivity index (χ4v) is 4.63. The zero-order valence-corrected chi connectivity index (χ0v) is 18.8. The van der Waals surface area contributed by atoms with Crippen molar-refractivity contribution in [2.45, 2.75) is 37.1 Å². The lowest BCUT2D eigenvalue weighted by Crippen LogP contribution is -2.30. The molecule has 6 nitrogen and oxygen atoms in total. The van der Waals surface area contributed by atoms with Crippen molar-refractivity contribution in [3.05, 3.63) is 76.6 Å². The molecule has 2 aromatic carbocycles. The second kappa shape index (κ2) is 8.12. The molecule has 0 bridgehead atoms. The number of sulfone groups is 1. The number of halogens is 2. The van der Waals surface area contributed by atoms with Gasteiger partial charge in [-0.25, -0.2) is 21.9 Å². The fraction of sp³-hybridized carbons (Fsp3) is 0.304. The van der Waals surface area contributed by atoms with Crippen LogP contribution in [0.3, 0.4) is 0 Å². The molecule has 1 aliphatic carbocycles. The van der Waals surface area contributed by atoms with Gasteiger partial charge in [0.15, 0.2) is 27.2 Å². The Morgan fingerprint density at radius 2 is 1.78 bits per heavy atom. The monoisotopic (exact) mass is 459 g/mol. The van der Waals surface area contributed by atoms with Crippen molar-refractivity contribution in [2.75, 3.05) is 13.3 Å². The van der Waals surface area contributed by atoms with Gasteiger partial charge in [0.2, 0.25) is 0 Å². The highest BCUT2D eigenvalue weighted by atomic mass is 32.2. The molecule has 1 heterocycles. The van der Waals surface area contributed by atoms with E-state index in [9.17, 15) is 22.0 Å². The van der Waals surface area contributed by atoms with Gasteiger partial charge in [-0.2, -0.15) is 5.10 Å². The van der Waals surface area contributed by atoms with E-state index in [-0.39, 0.29) is 16.8 Å². The van der Waals surface area contributed by atoms with E-state index in [0.717, 1.165) is 41.6 Å². The van der Waals surface area contributed by atoms with Crippen LogP contribution in [0.25, 0.3) is 5.69 Å². The molecule has 4 rings (SSSR count). The minimum atomic E-state index is -3.30. The van der Waals surface area contributed by atoms with Crippen molar-refractivity contribution >= 4 is 15.7 Å². The van der Waals surface area contributed by atoms with Gasteiger partial charge in [-0.3, -0.25) is 4.79 Å². The third-order valence-corrected chi connectivity index (χ3v) is 7.10. The zero-order chi connectivity index (χ0) is 23.2. The third-order valence-electron chi connectivity index (χ3n) is 5.97. The minimum absolute atomic E-state index is 0.213. The largest absolute Gasteiger partial charge is 0.334 e. The van der Waals surface area contributed by atoms with E-state index in [4.69, 9.17) is 0 Å². The number of aromatic nitrogens is 2. The van der Waals surface area contributed by atoms with Gasteiger partial charge in [0.1, 0.15) is 0 Å². The maximum Gasteiger partial charge on any atom is 0.274 e. The van der Waals surface area contributed by atoms with E-state index >= 15 is 0 Å². The molecule has 1 aromatic heterocycles. The van der Waals surface area contributed by atoms with Crippen LogP contribution in [0.2, 0.25) is 0 Å². The predicted molar refractivity (Wildman–Crippen MR) is 116 cm³/mol. The first-order valence-corrected chi connectivity index (χ1v) is 12.1. The van der Waals surface area contributed by atoms with Gasteiger partial charge < -0.3 is 4.90 Å².